The van der Waals surface area contributed by atoms with Crippen LogP contribution in [0.1, 0.15) is 6.92 Å². The third-order valence-electron chi connectivity index (χ3n) is 7.56. The van der Waals surface area contributed by atoms with Gasteiger partial charge in [0.1, 0.15) is 11.3 Å². The van der Waals surface area contributed by atoms with Gasteiger partial charge in [0.05, 0.1) is 28.4 Å². The molecule has 8 heteroatoms. The normalized spacial score (nSPS) is 32.6. The predicted octanol–water partition coefficient (Wildman–Crippen LogP) is 3.41. The van der Waals surface area contributed by atoms with Crippen molar-refractivity contribution < 1.29 is 4.79 Å². The van der Waals surface area contributed by atoms with Gasteiger partial charge in [-0.25, -0.2) is 9.97 Å². The Kier molecular flexibility index (Phi) is 3.28. The van der Waals surface area contributed by atoms with Crippen molar-refractivity contribution >= 4 is 40.0 Å². The maximum atomic E-state index is 12.2. The molecule has 7 nitrogen and oxygen atoms in total. The molecular formula is C22H21ClN6O. The zero-order chi connectivity index (χ0) is 20.8. The first-order chi connectivity index (χ1) is 14.4. The highest BCUT2D eigenvalue weighted by Crippen LogP contribution is 2.85. The van der Waals surface area contributed by atoms with Gasteiger partial charge in [-0.15, -0.1) is 0 Å². The van der Waals surface area contributed by atoms with Crippen LogP contribution < -0.4 is 16.4 Å². The maximum Gasteiger partial charge on any atom is 0.223 e. The van der Waals surface area contributed by atoms with Gasteiger partial charge in [0.2, 0.25) is 5.91 Å². The molecule has 2 aromatic heterocycles. The van der Waals surface area contributed by atoms with E-state index in [1.54, 1.807) is 6.20 Å². The topological polar surface area (TPSA) is 109 Å². The molecule has 152 valence electrons. The van der Waals surface area contributed by atoms with Crippen molar-refractivity contribution in [1.29, 1.82) is 0 Å². The van der Waals surface area contributed by atoms with Crippen LogP contribution in [0.5, 0.6) is 0 Å². The van der Waals surface area contributed by atoms with E-state index in [1.807, 2.05) is 31.3 Å². The highest BCUT2D eigenvalue weighted by molar-refractivity contribution is 6.34. The summed E-state index contributed by atoms with van der Waals surface area (Å²) in [4.78, 5) is 24.6. The van der Waals surface area contributed by atoms with Gasteiger partial charge in [0.15, 0.2) is 5.65 Å². The first kappa shape index (κ1) is 17.8. The van der Waals surface area contributed by atoms with E-state index in [2.05, 4.69) is 44.7 Å². The minimum atomic E-state index is -0.393. The van der Waals surface area contributed by atoms with Crippen molar-refractivity contribution in [3.63, 3.8) is 0 Å². The van der Waals surface area contributed by atoms with E-state index < -0.39 is 5.54 Å². The number of pyridine rings is 1. The standard InChI is InChI=1S/C22H21ClN6O/c1-21-12-7-8-14(21)22(21,15(12)18(24)30)29-16-13(23)9-26-20-17(16)27-19(28-20)10-3-5-11(25-2)6-4-10/h3-9,12,14-15,25H,1-2H3,(H2,24,30)(H2,26,27,28,29)/t12-,14-,15+,21+,22-/m0/s1. The monoisotopic (exact) mass is 420 g/mol. The molecule has 2 fully saturated rings. The van der Waals surface area contributed by atoms with Gasteiger partial charge in [0.25, 0.3) is 0 Å². The van der Waals surface area contributed by atoms with Crippen LogP contribution in [0.2, 0.25) is 5.02 Å². The number of fused-ring (bicyclic) bond motifs is 2. The fraction of sp³-hybridized carbons (Fsp3) is 0.318. The number of amides is 1. The minimum absolute atomic E-state index is 0.00253. The molecule has 1 amide bonds. The molecule has 6 rings (SSSR count). The predicted molar refractivity (Wildman–Crippen MR) is 117 cm³/mol. The van der Waals surface area contributed by atoms with Crippen LogP contribution in [0, 0.1) is 23.2 Å². The van der Waals surface area contributed by atoms with Crippen molar-refractivity contribution in [3.05, 3.63) is 47.6 Å². The number of carbonyl (C=O) groups is 1. The molecule has 5 atom stereocenters. The lowest BCUT2D eigenvalue weighted by atomic mass is 9.61. The molecule has 0 saturated heterocycles. The number of nitrogens with zero attached hydrogens (tertiary/aromatic N) is 2. The van der Waals surface area contributed by atoms with Gasteiger partial charge in [-0.2, -0.15) is 0 Å². The van der Waals surface area contributed by atoms with E-state index in [-0.39, 0.29) is 29.1 Å². The molecule has 2 saturated carbocycles. The molecule has 0 unspecified atom stereocenters. The summed E-state index contributed by atoms with van der Waals surface area (Å²) < 4.78 is 0. The van der Waals surface area contributed by atoms with Gasteiger partial charge in [-0.05, 0) is 30.2 Å². The number of rotatable bonds is 5. The third kappa shape index (κ3) is 1.89. The van der Waals surface area contributed by atoms with Gasteiger partial charge in [-0.1, -0.05) is 30.7 Å². The summed E-state index contributed by atoms with van der Waals surface area (Å²) in [6.07, 6.45) is 5.94. The van der Waals surface area contributed by atoms with Crippen LogP contribution >= 0.6 is 11.6 Å². The molecule has 3 aromatic rings. The van der Waals surface area contributed by atoms with Crippen LogP contribution in [0.25, 0.3) is 22.6 Å². The molecule has 0 aliphatic heterocycles. The first-order valence-electron chi connectivity index (χ1n) is 10.00. The summed E-state index contributed by atoms with van der Waals surface area (Å²) in [6, 6.07) is 7.97. The Morgan fingerprint density at radius 1 is 1.27 bits per heavy atom. The second-order valence-corrected chi connectivity index (χ2v) is 9.04. The van der Waals surface area contributed by atoms with Crippen molar-refractivity contribution in [3.8, 4) is 11.4 Å². The molecule has 3 aliphatic carbocycles. The van der Waals surface area contributed by atoms with Crippen LogP contribution in [-0.4, -0.2) is 33.4 Å². The number of aromatic nitrogens is 3. The van der Waals surface area contributed by atoms with Crippen LogP contribution in [0.4, 0.5) is 11.4 Å². The summed E-state index contributed by atoms with van der Waals surface area (Å²) in [7, 11) is 1.88. The number of primary amides is 1. The number of nitrogens with one attached hydrogen (secondary N) is 3. The molecule has 0 spiro atoms. The number of nitrogens with two attached hydrogens (primary N) is 1. The summed E-state index contributed by atoms with van der Waals surface area (Å²) in [5.74, 6) is 0.652. The lowest BCUT2D eigenvalue weighted by Crippen LogP contribution is -2.59. The number of H-pyrrole nitrogens is 1. The van der Waals surface area contributed by atoms with Gasteiger partial charge in [-0.3, -0.25) is 4.79 Å². The zero-order valence-corrected chi connectivity index (χ0v) is 17.3. The number of hydrogen-bond donors (Lipinski definition) is 4. The fourth-order valence-corrected chi connectivity index (χ4v) is 6.22. The number of hydrogen-bond acceptors (Lipinski definition) is 5. The maximum absolute atomic E-state index is 12.2. The van der Waals surface area contributed by atoms with Gasteiger partial charge < -0.3 is 21.4 Å². The zero-order valence-electron chi connectivity index (χ0n) is 16.5. The molecule has 30 heavy (non-hydrogen) atoms. The summed E-state index contributed by atoms with van der Waals surface area (Å²) >= 11 is 6.56. The van der Waals surface area contributed by atoms with Crippen molar-refractivity contribution in [1.82, 2.24) is 15.0 Å². The molecule has 0 bridgehead atoms. The van der Waals surface area contributed by atoms with E-state index >= 15 is 0 Å². The fourth-order valence-electron chi connectivity index (χ4n) is 6.03. The molecule has 2 heterocycles. The Morgan fingerprint density at radius 3 is 2.70 bits per heavy atom. The van der Waals surface area contributed by atoms with E-state index in [0.717, 1.165) is 22.5 Å². The highest BCUT2D eigenvalue weighted by atomic mass is 35.5. The Balaban J connectivity index is 1.43. The summed E-state index contributed by atoms with van der Waals surface area (Å²) in [5.41, 5.74) is 9.37. The third-order valence-corrected chi connectivity index (χ3v) is 7.84. The molecule has 5 N–H and O–H groups in total. The van der Waals surface area contributed by atoms with Crippen LogP contribution in [0.3, 0.4) is 0 Å². The lowest BCUT2D eigenvalue weighted by molar-refractivity contribution is -0.128. The number of allylic oxidation sites excluding steroid dienone is 1. The van der Waals surface area contributed by atoms with E-state index in [0.29, 0.717) is 16.5 Å². The first-order valence-corrected chi connectivity index (χ1v) is 10.4. The average molecular weight is 421 g/mol. The largest absolute Gasteiger partial charge is 0.388 e. The number of halogens is 1. The number of imidazole rings is 1. The summed E-state index contributed by atoms with van der Waals surface area (Å²) in [5, 5.41) is 7.22. The smallest absolute Gasteiger partial charge is 0.223 e. The quantitative estimate of drug-likeness (QED) is 0.473. The second-order valence-electron chi connectivity index (χ2n) is 8.64. The number of benzene rings is 1. The Hall–Kier alpha value is -3.06. The van der Waals surface area contributed by atoms with E-state index in [4.69, 9.17) is 17.3 Å². The van der Waals surface area contributed by atoms with Gasteiger partial charge >= 0.3 is 0 Å². The number of anilines is 2. The average Bonchev–Trinajstić information content (AvgIpc) is 3.10. The molecule has 3 aliphatic rings. The molecule has 0 radical (unpaired) electrons. The van der Waals surface area contributed by atoms with Crippen molar-refractivity contribution in [2.24, 2.45) is 28.9 Å². The number of carbonyl (C=O) groups excluding carboxylic acids is 1. The minimum Gasteiger partial charge on any atom is -0.388 e. The Labute approximate surface area is 178 Å². The number of aromatic amines is 1. The SMILES string of the molecule is CNc1ccc(-c2nc3ncc(Cl)c(N[C@]45[C@@H](C(N)=O)[C@@H]6C=C[C@H]4[C@@]65C)c3[nH]2)cc1. The molecule has 1 aromatic carbocycles. The van der Waals surface area contributed by atoms with Crippen LogP contribution in [0.15, 0.2) is 42.6 Å². The Morgan fingerprint density at radius 2 is 2.03 bits per heavy atom. The van der Waals surface area contributed by atoms with Gasteiger partial charge in [0, 0.05) is 29.6 Å². The molecular weight excluding hydrogens is 400 g/mol. The summed E-state index contributed by atoms with van der Waals surface area (Å²) in [6.45, 7) is 2.21. The van der Waals surface area contributed by atoms with E-state index in [9.17, 15) is 4.79 Å². The Bertz CT molecular complexity index is 1250. The van der Waals surface area contributed by atoms with Crippen molar-refractivity contribution in [2.45, 2.75) is 12.5 Å². The van der Waals surface area contributed by atoms with E-state index in [1.165, 1.54) is 0 Å². The lowest BCUT2D eigenvalue weighted by Gasteiger charge is -2.48. The van der Waals surface area contributed by atoms with Crippen LogP contribution in [-0.2, 0) is 4.79 Å². The highest BCUT2D eigenvalue weighted by Gasteiger charge is 2.91. The second kappa shape index (κ2) is 5.55. The van der Waals surface area contributed by atoms with Crippen molar-refractivity contribution in [2.75, 3.05) is 17.7 Å².